The lowest BCUT2D eigenvalue weighted by molar-refractivity contribution is 0.315. The first-order valence-corrected chi connectivity index (χ1v) is 16.8. The summed E-state index contributed by atoms with van der Waals surface area (Å²) in [4.78, 5) is 14.2. The smallest absolute Gasteiger partial charge is 0.232 e. The van der Waals surface area contributed by atoms with Crippen molar-refractivity contribution in [2.24, 2.45) is 22.6 Å². The molecule has 1 aliphatic carbocycles. The van der Waals surface area contributed by atoms with E-state index in [0.717, 1.165) is 52.4 Å². The summed E-state index contributed by atoms with van der Waals surface area (Å²) in [7, 11) is 3.18. The van der Waals surface area contributed by atoms with Crippen LogP contribution in [0.5, 0.6) is 11.6 Å². The molecule has 1 aliphatic heterocycles. The van der Waals surface area contributed by atoms with Gasteiger partial charge in [0, 0.05) is 64.8 Å². The van der Waals surface area contributed by atoms with Gasteiger partial charge in [0.05, 0.1) is 20.8 Å². The standard InChI is InChI=1S/C37H45ClN4O3.C2H3NO/c1-10-24(18-33(43-8)31(13-4)41-30(12-3)25-14-15-25)29(11-2)40-20-28(22(5)6)32-19-27-23(7)21-45-36(27)35(42-32)26-16-17-39-37(44-9)34(26)38;3-1-2-4/h4,10-12,16-19,22-23,25,28,40H,14-15,20-21H2,1-3,5-9H3;4H,3H2/b24-10+,29-11?,30-12-,33-18+,41-31+;. The third-order valence-corrected chi connectivity index (χ3v) is 8.78. The Bertz CT molecular complexity index is 1730. The summed E-state index contributed by atoms with van der Waals surface area (Å²) in [6.45, 7) is 13.9. The number of aliphatic imine (C=N–C) groups is 1. The van der Waals surface area contributed by atoms with Crippen molar-refractivity contribution in [1.82, 2.24) is 15.3 Å². The molecule has 0 aromatic carbocycles. The quantitative estimate of drug-likeness (QED) is 0.0646. The van der Waals surface area contributed by atoms with Crippen molar-refractivity contribution in [1.29, 1.82) is 0 Å². The van der Waals surface area contributed by atoms with Crippen molar-refractivity contribution < 1.29 is 19.3 Å². The number of aromatic nitrogens is 2. The number of ether oxygens (including phenoxy) is 3. The van der Waals surface area contributed by atoms with Crippen molar-refractivity contribution in [2.45, 2.75) is 66.2 Å². The maximum Gasteiger partial charge on any atom is 0.232 e. The van der Waals surface area contributed by atoms with E-state index >= 15 is 0 Å². The molecule has 2 aliphatic rings. The van der Waals surface area contributed by atoms with Gasteiger partial charge < -0.3 is 30.4 Å². The number of halogens is 1. The molecule has 2 unspecified atom stereocenters. The summed E-state index contributed by atoms with van der Waals surface area (Å²) >= 11 is 6.74. The van der Waals surface area contributed by atoms with E-state index in [0.29, 0.717) is 47.1 Å². The maximum absolute atomic E-state index is 7.39. The Morgan fingerprint density at radius 3 is 2.49 bits per heavy atom. The lowest BCUT2D eigenvalue weighted by Crippen LogP contribution is -2.26. The number of aliphatic hydroxyl groups excluding tert-OH is 1. The van der Waals surface area contributed by atoms with Crippen LogP contribution in [-0.2, 0) is 4.74 Å². The summed E-state index contributed by atoms with van der Waals surface area (Å²) in [6.07, 6.45) is 19.4. The fourth-order valence-electron chi connectivity index (χ4n) is 5.52. The molecule has 4 N–H and O–H groups in total. The van der Waals surface area contributed by atoms with E-state index in [9.17, 15) is 0 Å². The third-order valence-electron chi connectivity index (χ3n) is 8.42. The molecule has 1 saturated carbocycles. The number of rotatable bonds is 13. The minimum atomic E-state index is 0.0851. The van der Waals surface area contributed by atoms with Crippen LogP contribution in [-0.4, -0.2) is 48.2 Å². The van der Waals surface area contributed by atoms with E-state index in [-0.39, 0.29) is 17.8 Å². The summed E-state index contributed by atoms with van der Waals surface area (Å²) in [6, 6.07) is 5.79. The van der Waals surface area contributed by atoms with Crippen molar-refractivity contribution >= 4 is 17.3 Å². The predicted octanol–water partition coefficient (Wildman–Crippen LogP) is 7.64. The van der Waals surface area contributed by atoms with Crippen molar-refractivity contribution in [3.05, 3.63) is 81.6 Å². The van der Waals surface area contributed by atoms with Gasteiger partial charge in [0.2, 0.25) is 5.88 Å². The SMILES string of the molecule is C#CC(=N\C(=C/C)C1CC1)/C(=C\C(=C/C)C(=CC)NCC(c1cc2c(c(-c3ccnc(OC)c3Cl)n1)OCC2C)C(C)C)OC.NC#CO. The van der Waals surface area contributed by atoms with Gasteiger partial charge in [0.1, 0.15) is 22.6 Å². The topological polar surface area (TPSA) is 124 Å². The molecule has 0 saturated heterocycles. The molecule has 2 aromatic rings. The Hall–Kier alpha value is -4.86. The van der Waals surface area contributed by atoms with E-state index in [1.807, 2.05) is 45.1 Å². The lowest BCUT2D eigenvalue weighted by atomic mass is 9.89. The van der Waals surface area contributed by atoms with Gasteiger partial charge in [-0.25, -0.2) is 15.0 Å². The Morgan fingerprint density at radius 1 is 1.24 bits per heavy atom. The molecule has 4 rings (SSSR count). The molecule has 9 nitrogen and oxygen atoms in total. The monoisotopic (exact) mass is 685 g/mol. The number of fused-ring (bicyclic) bond motifs is 1. The van der Waals surface area contributed by atoms with Crippen LogP contribution >= 0.6 is 11.6 Å². The Labute approximate surface area is 296 Å². The van der Waals surface area contributed by atoms with E-state index in [1.165, 1.54) is 6.11 Å². The Kier molecular flexibility index (Phi) is 14.7. The van der Waals surface area contributed by atoms with Crippen LogP contribution in [0.2, 0.25) is 5.02 Å². The first-order valence-electron chi connectivity index (χ1n) is 16.4. The lowest BCUT2D eigenvalue weighted by Gasteiger charge is -2.25. The second-order valence-electron chi connectivity index (χ2n) is 11.9. The fraction of sp³-hybridized carbons (Fsp3) is 0.410. The summed E-state index contributed by atoms with van der Waals surface area (Å²) in [5, 5.41) is 11.5. The molecule has 10 heteroatoms. The molecule has 0 amide bonds. The van der Waals surface area contributed by atoms with E-state index < -0.39 is 0 Å². The number of hydrogen-bond acceptors (Lipinski definition) is 9. The van der Waals surface area contributed by atoms with E-state index in [4.69, 9.17) is 47.3 Å². The number of terminal acetylenes is 1. The summed E-state index contributed by atoms with van der Waals surface area (Å²) in [5.41, 5.74) is 11.4. The molecular weight excluding hydrogens is 638 g/mol. The van der Waals surface area contributed by atoms with Crippen molar-refractivity contribution in [3.63, 3.8) is 0 Å². The zero-order chi connectivity index (χ0) is 36.1. The number of pyridine rings is 2. The molecule has 2 atom stereocenters. The average Bonchev–Trinajstić information content (AvgIpc) is 3.90. The van der Waals surface area contributed by atoms with Gasteiger partial charge in [0.25, 0.3) is 0 Å². The maximum atomic E-state index is 7.39. The molecule has 0 bridgehead atoms. The molecule has 260 valence electrons. The van der Waals surface area contributed by atoms with Gasteiger partial charge >= 0.3 is 0 Å². The molecular formula is C39H48ClN5O4. The first kappa shape index (κ1) is 38.6. The largest absolute Gasteiger partial charge is 0.494 e. The van der Waals surface area contributed by atoms with Crippen molar-refractivity contribution in [3.8, 4) is 47.4 Å². The van der Waals surface area contributed by atoms with Gasteiger partial charge in [-0.3, -0.25) is 0 Å². The van der Waals surface area contributed by atoms with Crippen LogP contribution in [0.3, 0.4) is 0 Å². The minimum Gasteiger partial charge on any atom is -0.494 e. The third kappa shape index (κ3) is 9.62. The van der Waals surface area contributed by atoms with Gasteiger partial charge in [-0.1, -0.05) is 50.6 Å². The highest BCUT2D eigenvalue weighted by molar-refractivity contribution is 6.34. The number of nitrogens with two attached hydrogens (primary N) is 1. The van der Waals surface area contributed by atoms with Gasteiger partial charge in [0.15, 0.2) is 11.5 Å². The van der Waals surface area contributed by atoms with E-state index in [2.05, 4.69) is 54.9 Å². The zero-order valence-electron chi connectivity index (χ0n) is 29.7. The first-order chi connectivity index (χ1) is 23.6. The Morgan fingerprint density at radius 2 is 1.96 bits per heavy atom. The molecule has 3 heterocycles. The average molecular weight is 686 g/mol. The van der Waals surface area contributed by atoms with Gasteiger partial charge in [-0.15, -0.1) is 6.42 Å². The highest BCUT2D eigenvalue weighted by Crippen LogP contribution is 2.45. The number of methoxy groups -OCH3 is 2. The second-order valence-corrected chi connectivity index (χ2v) is 12.3. The summed E-state index contributed by atoms with van der Waals surface area (Å²) in [5.74, 6) is 5.51. The normalized spacial score (nSPS) is 17.1. The number of hydrogen-bond donors (Lipinski definition) is 3. The number of aliphatic hydroxyl groups is 1. The predicted molar refractivity (Wildman–Crippen MR) is 198 cm³/mol. The highest BCUT2D eigenvalue weighted by Gasteiger charge is 2.30. The number of nitrogens with one attached hydrogen (secondary N) is 1. The van der Waals surface area contributed by atoms with Gasteiger partial charge in [-0.2, -0.15) is 0 Å². The van der Waals surface area contributed by atoms with Crippen LogP contribution in [0.15, 0.2) is 70.4 Å². The number of nitrogens with zero attached hydrogens (tertiary/aromatic N) is 3. The van der Waals surface area contributed by atoms with Crippen LogP contribution in [0.1, 0.15) is 77.5 Å². The van der Waals surface area contributed by atoms with Crippen LogP contribution in [0.4, 0.5) is 0 Å². The Balaban J connectivity index is 0.00000154. The summed E-state index contributed by atoms with van der Waals surface area (Å²) < 4.78 is 17.3. The van der Waals surface area contributed by atoms with Crippen LogP contribution in [0, 0.1) is 36.3 Å². The van der Waals surface area contributed by atoms with Crippen molar-refractivity contribution in [2.75, 3.05) is 27.4 Å². The molecule has 49 heavy (non-hydrogen) atoms. The molecule has 0 spiro atoms. The second kappa shape index (κ2) is 18.6. The number of allylic oxidation sites excluding steroid dienone is 6. The van der Waals surface area contributed by atoms with E-state index in [1.54, 1.807) is 26.5 Å². The molecule has 0 radical (unpaired) electrons. The molecule has 1 fully saturated rings. The molecule has 2 aromatic heterocycles. The fourth-order valence-corrected chi connectivity index (χ4v) is 5.80. The minimum absolute atomic E-state index is 0.0851. The van der Waals surface area contributed by atoms with Gasteiger partial charge in [-0.05, 0) is 69.2 Å². The van der Waals surface area contributed by atoms with Crippen LogP contribution < -0.4 is 20.5 Å². The highest BCUT2D eigenvalue weighted by atomic mass is 35.5. The zero-order valence-corrected chi connectivity index (χ0v) is 30.5. The van der Waals surface area contributed by atoms with Crippen LogP contribution in [0.25, 0.3) is 11.3 Å².